The highest BCUT2D eigenvalue weighted by molar-refractivity contribution is 6.10. The van der Waals surface area contributed by atoms with Gasteiger partial charge in [0.15, 0.2) is 0 Å². The second kappa shape index (κ2) is 9.53. The van der Waals surface area contributed by atoms with Crippen molar-refractivity contribution in [1.82, 2.24) is 15.8 Å². The van der Waals surface area contributed by atoms with E-state index in [1.165, 1.54) is 11.1 Å². The summed E-state index contributed by atoms with van der Waals surface area (Å²) in [5.41, 5.74) is 13.9. The number of carbonyl (C=O) groups excluding carboxylic acids is 2. The largest absolute Gasteiger partial charge is 0.443 e. The molecule has 0 aliphatic carbocycles. The first-order valence-electron chi connectivity index (χ1n) is 12.0. The Morgan fingerprint density at radius 2 is 1.28 bits per heavy atom. The van der Waals surface area contributed by atoms with Crippen molar-refractivity contribution in [2.45, 2.75) is 54.1 Å². The van der Waals surface area contributed by atoms with Gasteiger partial charge in [-0.05, 0) is 77.3 Å². The van der Waals surface area contributed by atoms with E-state index in [2.05, 4.69) is 78.2 Å². The molecular formula is C30H33N3O3. The molecule has 3 aromatic carbocycles. The number of hydrogen-bond acceptors (Lipinski definition) is 3. The van der Waals surface area contributed by atoms with E-state index in [0.29, 0.717) is 5.69 Å². The zero-order valence-corrected chi connectivity index (χ0v) is 21.9. The molecule has 0 radical (unpaired) electrons. The number of aromatic nitrogens is 1. The van der Waals surface area contributed by atoms with Crippen LogP contribution in [-0.2, 0) is 4.74 Å². The standard InChI is InChI=1S/C30H33N3O3/c1-17-10-18(2)13-22(12-17)21-8-9-25-24(16-21)26(23-14-19(3)11-20(4)15-23)27(31-25)28(34)32-33-29(35)36-30(5,6)7/h8-16,31H,1-7H3,(H,32,34)(H,33,35). The van der Waals surface area contributed by atoms with Crippen molar-refractivity contribution in [3.63, 3.8) is 0 Å². The molecule has 0 fully saturated rings. The molecule has 0 atom stereocenters. The number of fused-ring (bicyclic) bond motifs is 1. The summed E-state index contributed by atoms with van der Waals surface area (Å²) in [6.07, 6.45) is -0.725. The average Bonchev–Trinajstić information content (AvgIpc) is 3.14. The number of rotatable bonds is 3. The van der Waals surface area contributed by atoms with Gasteiger partial charge in [-0.2, -0.15) is 0 Å². The molecule has 3 N–H and O–H groups in total. The third-order valence-electron chi connectivity index (χ3n) is 5.77. The topological polar surface area (TPSA) is 83.2 Å². The minimum atomic E-state index is -0.725. The predicted octanol–water partition coefficient (Wildman–Crippen LogP) is 6.91. The van der Waals surface area contributed by atoms with Crippen LogP contribution in [0.3, 0.4) is 0 Å². The van der Waals surface area contributed by atoms with Gasteiger partial charge in [0.1, 0.15) is 11.3 Å². The number of carbonyl (C=O) groups is 2. The molecule has 0 unspecified atom stereocenters. The fourth-order valence-corrected chi connectivity index (χ4v) is 4.58. The third kappa shape index (κ3) is 5.60. The summed E-state index contributed by atoms with van der Waals surface area (Å²) in [4.78, 5) is 28.7. The number of ether oxygens (including phenoxy) is 1. The molecule has 1 heterocycles. The molecule has 1 aromatic heterocycles. The van der Waals surface area contributed by atoms with Gasteiger partial charge in [-0.1, -0.05) is 64.7 Å². The fraction of sp³-hybridized carbons (Fsp3) is 0.267. The monoisotopic (exact) mass is 483 g/mol. The van der Waals surface area contributed by atoms with Crippen molar-refractivity contribution in [2.75, 3.05) is 0 Å². The molecule has 4 rings (SSSR count). The van der Waals surface area contributed by atoms with Gasteiger partial charge in [0.2, 0.25) is 0 Å². The smallest absolute Gasteiger partial charge is 0.426 e. The number of benzene rings is 3. The summed E-state index contributed by atoms with van der Waals surface area (Å²) < 4.78 is 5.24. The zero-order chi connectivity index (χ0) is 26.2. The van der Waals surface area contributed by atoms with Crippen molar-refractivity contribution in [1.29, 1.82) is 0 Å². The van der Waals surface area contributed by atoms with Crippen LogP contribution in [0.25, 0.3) is 33.2 Å². The first kappa shape index (κ1) is 25.0. The lowest BCUT2D eigenvalue weighted by Gasteiger charge is -2.19. The first-order chi connectivity index (χ1) is 16.9. The SMILES string of the molecule is Cc1cc(C)cc(-c2ccc3[nH]c(C(=O)NNC(=O)OC(C)(C)C)c(-c4cc(C)cc(C)c4)c3c2)c1. The van der Waals surface area contributed by atoms with Gasteiger partial charge in [-0.15, -0.1) is 0 Å². The molecule has 0 spiro atoms. The molecule has 0 saturated carbocycles. The number of aryl methyl sites for hydroxylation is 4. The summed E-state index contributed by atoms with van der Waals surface area (Å²) in [5, 5.41) is 0.930. The number of nitrogens with one attached hydrogen (secondary N) is 3. The molecule has 0 saturated heterocycles. The summed E-state index contributed by atoms with van der Waals surface area (Å²) in [7, 11) is 0. The number of hydrazine groups is 1. The maximum absolute atomic E-state index is 13.3. The van der Waals surface area contributed by atoms with Crippen LogP contribution >= 0.6 is 0 Å². The van der Waals surface area contributed by atoms with E-state index in [9.17, 15) is 9.59 Å². The van der Waals surface area contributed by atoms with E-state index >= 15 is 0 Å². The molecule has 0 aliphatic heterocycles. The van der Waals surface area contributed by atoms with Crippen LogP contribution in [0, 0.1) is 27.7 Å². The van der Waals surface area contributed by atoms with E-state index < -0.39 is 17.6 Å². The van der Waals surface area contributed by atoms with Gasteiger partial charge in [0.05, 0.1) is 0 Å². The quantitative estimate of drug-likeness (QED) is 0.277. The second-order valence-electron chi connectivity index (χ2n) is 10.5. The van der Waals surface area contributed by atoms with E-state index in [1.54, 1.807) is 20.8 Å². The zero-order valence-electron chi connectivity index (χ0n) is 21.9. The molecule has 36 heavy (non-hydrogen) atoms. The Hall–Kier alpha value is -4.06. The lowest BCUT2D eigenvalue weighted by molar-refractivity contribution is 0.0483. The molecule has 0 bridgehead atoms. The lowest BCUT2D eigenvalue weighted by atomic mass is 9.95. The van der Waals surface area contributed by atoms with Gasteiger partial charge < -0.3 is 9.72 Å². The minimum absolute atomic E-state index is 0.364. The van der Waals surface area contributed by atoms with Crippen LogP contribution in [-0.4, -0.2) is 22.6 Å². The van der Waals surface area contributed by atoms with Gasteiger partial charge >= 0.3 is 6.09 Å². The summed E-state index contributed by atoms with van der Waals surface area (Å²) in [6, 6.07) is 18.9. The van der Waals surface area contributed by atoms with Crippen molar-refractivity contribution in [3.05, 3.63) is 82.5 Å². The molecule has 2 amide bonds. The van der Waals surface area contributed by atoms with Crippen molar-refractivity contribution >= 4 is 22.9 Å². The highest BCUT2D eigenvalue weighted by Crippen LogP contribution is 2.36. The number of hydrogen-bond donors (Lipinski definition) is 3. The molecular weight excluding hydrogens is 450 g/mol. The van der Waals surface area contributed by atoms with Crippen LogP contribution in [0.15, 0.2) is 54.6 Å². The normalized spacial score (nSPS) is 11.4. The Labute approximate surface area is 212 Å². The van der Waals surface area contributed by atoms with Crippen LogP contribution < -0.4 is 10.9 Å². The summed E-state index contributed by atoms with van der Waals surface area (Å²) in [6.45, 7) is 13.5. The van der Waals surface area contributed by atoms with Gasteiger partial charge in [-0.25, -0.2) is 10.2 Å². The Kier molecular flexibility index (Phi) is 6.63. The van der Waals surface area contributed by atoms with E-state index in [0.717, 1.165) is 44.3 Å². The summed E-state index contributed by atoms with van der Waals surface area (Å²) >= 11 is 0. The molecule has 186 valence electrons. The lowest BCUT2D eigenvalue weighted by Crippen LogP contribution is -2.44. The second-order valence-corrected chi connectivity index (χ2v) is 10.5. The van der Waals surface area contributed by atoms with Crippen LogP contribution in [0.4, 0.5) is 4.79 Å². The number of H-pyrrole nitrogens is 1. The molecule has 0 aliphatic rings. The third-order valence-corrected chi connectivity index (χ3v) is 5.77. The number of amides is 2. The Morgan fingerprint density at radius 1 is 0.722 bits per heavy atom. The molecule has 6 heteroatoms. The van der Waals surface area contributed by atoms with Crippen molar-refractivity contribution in [2.24, 2.45) is 0 Å². The van der Waals surface area contributed by atoms with Crippen LogP contribution in [0.5, 0.6) is 0 Å². The van der Waals surface area contributed by atoms with Gasteiger partial charge in [-0.3, -0.25) is 10.2 Å². The van der Waals surface area contributed by atoms with E-state index in [4.69, 9.17) is 4.74 Å². The van der Waals surface area contributed by atoms with Crippen molar-refractivity contribution < 1.29 is 14.3 Å². The maximum atomic E-state index is 13.3. The Balaban J connectivity index is 1.82. The van der Waals surface area contributed by atoms with Crippen LogP contribution in [0.2, 0.25) is 0 Å². The first-order valence-corrected chi connectivity index (χ1v) is 12.0. The Bertz CT molecular complexity index is 1430. The molecule has 6 nitrogen and oxygen atoms in total. The number of aromatic amines is 1. The van der Waals surface area contributed by atoms with Crippen LogP contribution in [0.1, 0.15) is 53.5 Å². The van der Waals surface area contributed by atoms with Crippen molar-refractivity contribution in [3.8, 4) is 22.3 Å². The fourth-order valence-electron chi connectivity index (χ4n) is 4.58. The highest BCUT2D eigenvalue weighted by atomic mass is 16.6. The maximum Gasteiger partial charge on any atom is 0.426 e. The van der Waals surface area contributed by atoms with E-state index in [1.807, 2.05) is 19.9 Å². The predicted molar refractivity (Wildman–Crippen MR) is 145 cm³/mol. The Morgan fingerprint density at radius 3 is 1.83 bits per heavy atom. The molecule has 4 aromatic rings. The highest BCUT2D eigenvalue weighted by Gasteiger charge is 2.22. The summed E-state index contributed by atoms with van der Waals surface area (Å²) in [5.74, 6) is -0.459. The van der Waals surface area contributed by atoms with Gasteiger partial charge in [0.25, 0.3) is 5.91 Å². The van der Waals surface area contributed by atoms with Gasteiger partial charge in [0, 0.05) is 16.5 Å². The average molecular weight is 484 g/mol. The van der Waals surface area contributed by atoms with E-state index in [-0.39, 0.29) is 0 Å². The minimum Gasteiger partial charge on any atom is -0.443 e.